The zero-order valence-electron chi connectivity index (χ0n) is 13.7. The first-order chi connectivity index (χ1) is 12.3. The Kier molecular flexibility index (Phi) is 5.07. The first-order valence-electron chi connectivity index (χ1n) is 7.42. The van der Waals surface area contributed by atoms with Crippen molar-refractivity contribution in [2.75, 3.05) is 0 Å². The van der Waals surface area contributed by atoms with Crippen LogP contribution in [0.1, 0.15) is 28.1 Å². The topological polar surface area (TPSA) is 62.7 Å². The third kappa shape index (κ3) is 3.61. The molecule has 0 aliphatic heterocycles. The maximum Gasteiger partial charge on any atom is 0.417 e. The van der Waals surface area contributed by atoms with Crippen LogP contribution in [0.5, 0.6) is 0 Å². The maximum atomic E-state index is 13.5. The lowest BCUT2D eigenvalue weighted by molar-refractivity contribution is -0.138. The fourth-order valence-electron chi connectivity index (χ4n) is 2.36. The lowest BCUT2D eigenvalue weighted by Crippen LogP contribution is -2.10. The van der Waals surface area contributed by atoms with Gasteiger partial charge in [-0.25, -0.2) is 4.98 Å². The first-order valence-corrected chi connectivity index (χ1v) is 9.28. The van der Waals surface area contributed by atoms with Crippen molar-refractivity contribution in [1.29, 1.82) is 5.26 Å². The Morgan fingerprint density at radius 1 is 1.35 bits per heavy atom. The fourth-order valence-corrected chi connectivity index (χ4v) is 4.20. The Balaban J connectivity index is 2.07. The van der Waals surface area contributed by atoms with E-state index < -0.39 is 17.3 Å². The zero-order chi connectivity index (χ0) is 18.9. The molecule has 134 valence electrons. The van der Waals surface area contributed by atoms with Crippen molar-refractivity contribution in [2.45, 2.75) is 30.8 Å². The molecule has 0 bridgehead atoms. The molecule has 0 saturated carbocycles. The number of pyridine rings is 1. The van der Waals surface area contributed by atoms with E-state index in [1.807, 2.05) is 0 Å². The van der Waals surface area contributed by atoms with Gasteiger partial charge >= 0.3 is 6.18 Å². The molecule has 0 N–H and O–H groups in total. The summed E-state index contributed by atoms with van der Waals surface area (Å²) < 4.78 is 45.5. The van der Waals surface area contributed by atoms with Gasteiger partial charge in [0, 0.05) is 11.3 Å². The van der Waals surface area contributed by atoms with Crippen LogP contribution >= 0.6 is 23.1 Å². The molecule has 0 radical (unpaired) electrons. The molecule has 0 unspecified atom stereocenters. The summed E-state index contributed by atoms with van der Waals surface area (Å²) in [5, 5.41) is 15.0. The Bertz CT molecular complexity index is 953. The first kappa shape index (κ1) is 18.5. The summed E-state index contributed by atoms with van der Waals surface area (Å²) in [4.78, 5) is 4.93. The summed E-state index contributed by atoms with van der Waals surface area (Å²) in [6.45, 7) is 3.49. The normalized spacial score (nSPS) is 11.5. The summed E-state index contributed by atoms with van der Waals surface area (Å²) in [6, 6.07) is 6.03. The third-order valence-electron chi connectivity index (χ3n) is 3.71. The standard InChI is InChI=1S/C17H12F3N3OS2/c1-9-12(10(2)24-23-9)8-26-16-11(7-21)13(17(18,19)20)6-14(22-16)15-4-3-5-25-15/h3-6H,8H2,1-2H3. The van der Waals surface area contributed by atoms with E-state index in [-0.39, 0.29) is 10.7 Å². The summed E-state index contributed by atoms with van der Waals surface area (Å²) in [6.07, 6.45) is -4.64. The minimum atomic E-state index is -4.64. The number of nitriles is 1. The predicted octanol–water partition coefficient (Wildman–Crippen LogP) is 5.60. The monoisotopic (exact) mass is 395 g/mol. The average molecular weight is 395 g/mol. The Morgan fingerprint density at radius 3 is 2.65 bits per heavy atom. The van der Waals surface area contributed by atoms with Crippen molar-refractivity contribution < 1.29 is 17.7 Å². The van der Waals surface area contributed by atoms with E-state index >= 15 is 0 Å². The molecule has 0 aromatic carbocycles. The van der Waals surface area contributed by atoms with Crippen molar-refractivity contribution in [2.24, 2.45) is 0 Å². The molecule has 26 heavy (non-hydrogen) atoms. The average Bonchev–Trinajstić information content (AvgIpc) is 3.22. The van der Waals surface area contributed by atoms with Crippen LogP contribution in [-0.4, -0.2) is 10.1 Å². The summed E-state index contributed by atoms with van der Waals surface area (Å²) >= 11 is 2.36. The van der Waals surface area contributed by atoms with Crippen LogP contribution in [0.25, 0.3) is 10.6 Å². The SMILES string of the molecule is Cc1noc(C)c1CSc1nc(-c2cccs2)cc(C(F)(F)F)c1C#N. The number of halogens is 3. The summed E-state index contributed by atoms with van der Waals surface area (Å²) in [7, 11) is 0. The van der Waals surface area contributed by atoms with Crippen LogP contribution in [0.2, 0.25) is 0 Å². The molecular weight excluding hydrogens is 383 g/mol. The molecule has 3 heterocycles. The van der Waals surface area contributed by atoms with Crippen LogP contribution in [-0.2, 0) is 11.9 Å². The second kappa shape index (κ2) is 7.13. The minimum absolute atomic E-state index is 0.0470. The van der Waals surface area contributed by atoms with Crippen molar-refractivity contribution >= 4 is 23.1 Å². The van der Waals surface area contributed by atoms with Gasteiger partial charge in [-0.2, -0.15) is 18.4 Å². The number of nitrogens with zero attached hydrogens (tertiary/aromatic N) is 3. The molecule has 0 atom stereocenters. The number of hydrogen-bond donors (Lipinski definition) is 0. The molecule has 4 nitrogen and oxygen atoms in total. The molecule has 0 aliphatic carbocycles. The molecule has 3 aromatic heterocycles. The van der Waals surface area contributed by atoms with Gasteiger partial charge in [0.1, 0.15) is 16.9 Å². The summed E-state index contributed by atoms with van der Waals surface area (Å²) in [5.74, 6) is 0.910. The highest BCUT2D eigenvalue weighted by Crippen LogP contribution is 2.39. The molecular formula is C17H12F3N3OS2. The van der Waals surface area contributed by atoms with Crippen molar-refractivity contribution in [3.05, 3.63) is 51.7 Å². The van der Waals surface area contributed by atoms with E-state index in [1.54, 1.807) is 37.4 Å². The van der Waals surface area contributed by atoms with Crippen LogP contribution in [0.4, 0.5) is 13.2 Å². The molecule has 0 spiro atoms. The molecule has 0 aliphatic rings. The van der Waals surface area contributed by atoms with E-state index in [4.69, 9.17) is 4.52 Å². The second-order valence-electron chi connectivity index (χ2n) is 5.41. The van der Waals surface area contributed by atoms with Gasteiger partial charge in [0.2, 0.25) is 0 Å². The number of aryl methyl sites for hydroxylation is 2. The van der Waals surface area contributed by atoms with Gasteiger partial charge in [0.25, 0.3) is 0 Å². The fraction of sp³-hybridized carbons (Fsp3) is 0.235. The number of aromatic nitrogens is 2. The quantitative estimate of drug-likeness (QED) is 0.538. The Morgan fingerprint density at radius 2 is 2.12 bits per heavy atom. The van der Waals surface area contributed by atoms with Crippen LogP contribution in [0, 0.1) is 25.2 Å². The van der Waals surface area contributed by atoms with E-state index in [9.17, 15) is 18.4 Å². The van der Waals surface area contributed by atoms with Gasteiger partial charge in [0.15, 0.2) is 0 Å². The lowest BCUT2D eigenvalue weighted by atomic mass is 10.1. The number of rotatable bonds is 4. The van der Waals surface area contributed by atoms with E-state index in [1.165, 1.54) is 11.3 Å². The summed E-state index contributed by atoms with van der Waals surface area (Å²) in [5.41, 5.74) is 0.219. The Hall–Kier alpha value is -2.31. The second-order valence-corrected chi connectivity index (χ2v) is 7.33. The van der Waals surface area contributed by atoms with Crippen LogP contribution < -0.4 is 0 Å². The highest BCUT2D eigenvalue weighted by atomic mass is 32.2. The van der Waals surface area contributed by atoms with Crippen LogP contribution in [0.3, 0.4) is 0 Å². The van der Waals surface area contributed by atoms with E-state index in [2.05, 4.69) is 10.1 Å². The van der Waals surface area contributed by atoms with Crippen molar-refractivity contribution in [3.8, 4) is 16.6 Å². The van der Waals surface area contributed by atoms with Gasteiger partial charge in [0.05, 0.1) is 27.4 Å². The van der Waals surface area contributed by atoms with Gasteiger partial charge in [-0.15, -0.1) is 23.1 Å². The van der Waals surface area contributed by atoms with Gasteiger partial charge in [-0.05, 0) is 31.4 Å². The number of thiophene rings is 1. The minimum Gasteiger partial charge on any atom is -0.361 e. The third-order valence-corrected chi connectivity index (χ3v) is 5.61. The molecule has 0 fully saturated rings. The molecule has 0 amide bonds. The van der Waals surface area contributed by atoms with Crippen molar-refractivity contribution in [1.82, 2.24) is 10.1 Å². The molecule has 0 saturated heterocycles. The van der Waals surface area contributed by atoms with Crippen LogP contribution in [0.15, 0.2) is 33.1 Å². The molecule has 3 rings (SSSR count). The van der Waals surface area contributed by atoms with Crippen molar-refractivity contribution in [3.63, 3.8) is 0 Å². The van der Waals surface area contributed by atoms with E-state index in [0.717, 1.165) is 23.4 Å². The predicted molar refractivity (Wildman–Crippen MR) is 92.8 cm³/mol. The largest absolute Gasteiger partial charge is 0.417 e. The highest BCUT2D eigenvalue weighted by molar-refractivity contribution is 7.98. The smallest absolute Gasteiger partial charge is 0.361 e. The molecule has 9 heteroatoms. The molecule has 3 aromatic rings. The van der Waals surface area contributed by atoms with Gasteiger partial charge < -0.3 is 4.52 Å². The highest BCUT2D eigenvalue weighted by Gasteiger charge is 2.36. The number of hydrogen-bond acceptors (Lipinski definition) is 6. The number of alkyl halides is 3. The van der Waals surface area contributed by atoms with Gasteiger partial charge in [-0.1, -0.05) is 11.2 Å². The van der Waals surface area contributed by atoms with Gasteiger partial charge in [-0.3, -0.25) is 0 Å². The van der Waals surface area contributed by atoms with E-state index in [0.29, 0.717) is 22.1 Å². The Labute approximate surface area is 155 Å². The number of thioether (sulfide) groups is 1. The zero-order valence-corrected chi connectivity index (χ0v) is 15.3. The maximum absolute atomic E-state index is 13.5. The lowest BCUT2D eigenvalue weighted by Gasteiger charge is -2.13.